The lowest BCUT2D eigenvalue weighted by molar-refractivity contribution is -0.113. The number of halogens is 1. The fourth-order valence-corrected chi connectivity index (χ4v) is 2.98. The number of carbonyl (C=O) groups excluding carboxylic acids is 1. The first-order chi connectivity index (χ1) is 8.78. The Kier molecular flexibility index (Phi) is 4.98. The van der Waals surface area contributed by atoms with Crippen molar-refractivity contribution in [2.45, 2.75) is 10.1 Å². The Labute approximate surface area is 118 Å². The van der Waals surface area contributed by atoms with Crippen LogP contribution in [0, 0.1) is 0 Å². The molecule has 1 aromatic heterocycles. The van der Waals surface area contributed by atoms with Gasteiger partial charge in [0.05, 0.1) is 0 Å². The number of thioether (sulfide) groups is 1. The molecule has 94 valence electrons. The molecule has 0 atom stereocenters. The van der Waals surface area contributed by atoms with Crippen LogP contribution in [-0.4, -0.2) is 22.0 Å². The van der Waals surface area contributed by atoms with Gasteiger partial charge in [-0.15, -0.1) is 21.8 Å². The highest BCUT2D eigenvalue weighted by atomic mass is 35.5. The van der Waals surface area contributed by atoms with Crippen LogP contribution in [0.4, 0.5) is 5.13 Å². The molecule has 0 saturated heterocycles. The summed E-state index contributed by atoms with van der Waals surface area (Å²) in [5, 5.41) is 10.9. The Bertz CT molecular complexity index is 518. The number of nitrogens with one attached hydrogen (secondary N) is 1. The molecule has 0 fully saturated rings. The van der Waals surface area contributed by atoms with Crippen molar-refractivity contribution in [1.82, 2.24) is 10.2 Å². The second kappa shape index (κ2) is 6.72. The molecule has 0 unspecified atom stereocenters. The Morgan fingerprint density at radius 2 is 2.11 bits per heavy atom. The molecule has 2 rings (SSSR count). The van der Waals surface area contributed by atoms with Crippen molar-refractivity contribution in [3.8, 4) is 0 Å². The summed E-state index contributed by atoms with van der Waals surface area (Å²) in [5.41, 5.74) is 1.23. The normalized spacial score (nSPS) is 10.3. The van der Waals surface area contributed by atoms with Gasteiger partial charge in [0.15, 0.2) is 4.34 Å². The van der Waals surface area contributed by atoms with Crippen LogP contribution in [0.5, 0.6) is 0 Å². The van der Waals surface area contributed by atoms with Crippen LogP contribution >= 0.6 is 34.7 Å². The Balaban J connectivity index is 1.89. The minimum absolute atomic E-state index is 0.0773. The first-order valence-electron chi connectivity index (χ1n) is 5.14. The molecule has 18 heavy (non-hydrogen) atoms. The number of nitrogens with zero attached hydrogens (tertiary/aromatic N) is 2. The number of hydrogen-bond acceptors (Lipinski definition) is 5. The molecule has 1 aromatic carbocycles. The van der Waals surface area contributed by atoms with Crippen LogP contribution in [0.3, 0.4) is 0 Å². The van der Waals surface area contributed by atoms with Gasteiger partial charge in [0.1, 0.15) is 5.88 Å². The van der Waals surface area contributed by atoms with E-state index in [1.165, 1.54) is 16.9 Å². The fraction of sp³-hybridized carbons (Fsp3) is 0.182. The summed E-state index contributed by atoms with van der Waals surface area (Å²) < 4.78 is 0.823. The number of hydrogen-bond donors (Lipinski definition) is 1. The Morgan fingerprint density at radius 1 is 1.33 bits per heavy atom. The highest BCUT2D eigenvalue weighted by Gasteiger charge is 2.07. The van der Waals surface area contributed by atoms with Gasteiger partial charge in [-0.1, -0.05) is 53.4 Å². The van der Waals surface area contributed by atoms with Crippen molar-refractivity contribution in [1.29, 1.82) is 0 Å². The van der Waals surface area contributed by atoms with E-state index in [4.69, 9.17) is 11.6 Å². The average Bonchev–Trinajstić information content (AvgIpc) is 2.85. The maximum Gasteiger partial charge on any atom is 0.241 e. The lowest BCUT2D eigenvalue weighted by Gasteiger charge is -1.97. The third-order valence-electron chi connectivity index (χ3n) is 1.98. The summed E-state index contributed by atoms with van der Waals surface area (Å²) >= 11 is 8.32. The van der Waals surface area contributed by atoms with E-state index in [1.807, 2.05) is 18.2 Å². The van der Waals surface area contributed by atoms with Crippen molar-refractivity contribution in [2.75, 3.05) is 11.2 Å². The zero-order chi connectivity index (χ0) is 12.8. The van der Waals surface area contributed by atoms with Gasteiger partial charge in [-0.05, 0) is 5.56 Å². The van der Waals surface area contributed by atoms with Gasteiger partial charge >= 0.3 is 0 Å². The van der Waals surface area contributed by atoms with Crippen LogP contribution in [0.25, 0.3) is 0 Å². The molecule has 0 bridgehead atoms. The van der Waals surface area contributed by atoms with Crippen LogP contribution in [-0.2, 0) is 10.5 Å². The highest BCUT2D eigenvalue weighted by Crippen LogP contribution is 2.28. The van der Waals surface area contributed by atoms with Gasteiger partial charge in [0.25, 0.3) is 0 Å². The van der Waals surface area contributed by atoms with Gasteiger partial charge in [0, 0.05) is 5.75 Å². The molecule has 0 aliphatic heterocycles. The largest absolute Gasteiger partial charge is 0.299 e. The second-order valence-electron chi connectivity index (χ2n) is 3.33. The van der Waals surface area contributed by atoms with Crippen molar-refractivity contribution in [2.24, 2.45) is 0 Å². The van der Waals surface area contributed by atoms with E-state index in [0.717, 1.165) is 10.1 Å². The summed E-state index contributed by atoms with van der Waals surface area (Å²) in [6, 6.07) is 10.1. The lowest BCUT2D eigenvalue weighted by atomic mass is 10.2. The number of alkyl halides is 1. The maximum atomic E-state index is 11.1. The summed E-state index contributed by atoms with van der Waals surface area (Å²) in [6.45, 7) is 0. The van der Waals surface area contributed by atoms with E-state index >= 15 is 0 Å². The first kappa shape index (κ1) is 13.3. The molecule has 1 N–H and O–H groups in total. The first-order valence-corrected chi connectivity index (χ1v) is 7.47. The molecule has 0 spiro atoms. The number of rotatable bonds is 5. The Morgan fingerprint density at radius 3 is 2.83 bits per heavy atom. The molecule has 1 heterocycles. The highest BCUT2D eigenvalue weighted by molar-refractivity contribution is 8.00. The Hall–Kier alpha value is -1.11. The molecule has 7 heteroatoms. The predicted molar refractivity (Wildman–Crippen MR) is 75.3 cm³/mol. The standard InChI is InChI=1S/C11H10ClN3OS2/c12-6-9(16)13-10-14-15-11(18-10)17-7-8-4-2-1-3-5-8/h1-5H,6-7H2,(H,13,14,16). The smallest absolute Gasteiger partial charge is 0.241 e. The molecule has 0 aliphatic rings. The van der Waals surface area contributed by atoms with Crippen molar-refractivity contribution < 1.29 is 4.79 Å². The van der Waals surface area contributed by atoms with Crippen molar-refractivity contribution >= 4 is 45.7 Å². The van der Waals surface area contributed by atoms with Crippen LogP contribution in [0.1, 0.15) is 5.56 Å². The third kappa shape index (κ3) is 3.97. The summed E-state index contributed by atoms with van der Waals surface area (Å²) in [4.78, 5) is 11.1. The van der Waals surface area contributed by atoms with Gasteiger partial charge in [-0.25, -0.2) is 0 Å². The van der Waals surface area contributed by atoms with E-state index < -0.39 is 0 Å². The number of carbonyl (C=O) groups is 1. The average molecular weight is 300 g/mol. The SMILES string of the molecule is O=C(CCl)Nc1nnc(SCc2ccccc2)s1. The summed E-state index contributed by atoms with van der Waals surface area (Å²) in [6.07, 6.45) is 0. The number of amides is 1. The van der Waals surface area contributed by atoms with Gasteiger partial charge in [-0.3, -0.25) is 10.1 Å². The van der Waals surface area contributed by atoms with E-state index in [1.54, 1.807) is 11.8 Å². The zero-order valence-electron chi connectivity index (χ0n) is 9.30. The van der Waals surface area contributed by atoms with Gasteiger partial charge < -0.3 is 0 Å². The van der Waals surface area contributed by atoms with Crippen molar-refractivity contribution in [3.05, 3.63) is 35.9 Å². The molecular formula is C11H10ClN3OS2. The zero-order valence-corrected chi connectivity index (χ0v) is 11.7. The summed E-state index contributed by atoms with van der Waals surface area (Å²) in [5.74, 6) is 0.484. The van der Waals surface area contributed by atoms with Crippen LogP contribution in [0.2, 0.25) is 0 Å². The quantitative estimate of drug-likeness (QED) is 0.524. The molecule has 0 radical (unpaired) electrons. The summed E-state index contributed by atoms with van der Waals surface area (Å²) in [7, 11) is 0. The number of anilines is 1. The molecular weight excluding hydrogens is 290 g/mol. The second-order valence-corrected chi connectivity index (χ2v) is 5.80. The molecule has 0 aliphatic carbocycles. The third-order valence-corrected chi connectivity index (χ3v) is 4.27. The molecule has 2 aromatic rings. The predicted octanol–water partition coefficient (Wildman–Crippen LogP) is 3.01. The molecule has 1 amide bonds. The monoisotopic (exact) mass is 299 g/mol. The number of aromatic nitrogens is 2. The van der Waals surface area contributed by atoms with E-state index in [2.05, 4.69) is 27.6 Å². The molecule has 0 saturated carbocycles. The fourth-order valence-electron chi connectivity index (χ4n) is 1.19. The number of benzene rings is 1. The maximum absolute atomic E-state index is 11.1. The van der Waals surface area contributed by atoms with Crippen LogP contribution in [0.15, 0.2) is 34.7 Å². The minimum atomic E-state index is -0.271. The molecule has 4 nitrogen and oxygen atoms in total. The van der Waals surface area contributed by atoms with E-state index in [-0.39, 0.29) is 11.8 Å². The lowest BCUT2D eigenvalue weighted by Crippen LogP contribution is -2.12. The van der Waals surface area contributed by atoms with Gasteiger partial charge in [-0.2, -0.15) is 0 Å². The van der Waals surface area contributed by atoms with Crippen molar-refractivity contribution in [3.63, 3.8) is 0 Å². The van der Waals surface area contributed by atoms with Gasteiger partial charge in [0.2, 0.25) is 11.0 Å². The van der Waals surface area contributed by atoms with E-state index in [0.29, 0.717) is 5.13 Å². The van der Waals surface area contributed by atoms with Crippen LogP contribution < -0.4 is 5.32 Å². The van der Waals surface area contributed by atoms with E-state index in [9.17, 15) is 4.79 Å². The minimum Gasteiger partial charge on any atom is -0.299 e. The topological polar surface area (TPSA) is 54.9 Å².